The Morgan fingerprint density at radius 2 is 2.10 bits per heavy atom. The number of aromatic amines is 1. The van der Waals surface area contributed by atoms with Gasteiger partial charge in [0.05, 0.1) is 29.6 Å². The van der Waals surface area contributed by atoms with Crippen molar-refractivity contribution in [1.29, 1.82) is 0 Å². The van der Waals surface area contributed by atoms with Gasteiger partial charge in [0.25, 0.3) is 0 Å². The summed E-state index contributed by atoms with van der Waals surface area (Å²) >= 11 is 0. The van der Waals surface area contributed by atoms with Crippen LogP contribution in [0.2, 0.25) is 0 Å². The monoisotopic (exact) mass is 537 g/mol. The molecule has 11 heteroatoms. The second kappa shape index (κ2) is 10.8. The number of ether oxygens (including phenoxy) is 1. The number of H-pyrrole nitrogens is 1. The van der Waals surface area contributed by atoms with E-state index in [1.807, 2.05) is 63.5 Å². The van der Waals surface area contributed by atoms with Crippen LogP contribution in [-0.4, -0.2) is 66.3 Å². The number of nitrogens with one attached hydrogen (secondary N) is 3. The maximum atomic E-state index is 13.0. The van der Waals surface area contributed by atoms with Crippen molar-refractivity contribution in [1.82, 2.24) is 34.6 Å². The summed E-state index contributed by atoms with van der Waals surface area (Å²) in [5, 5.41) is 11.7. The number of fused-ring (bicyclic) bond motifs is 1. The van der Waals surface area contributed by atoms with Gasteiger partial charge in [-0.25, -0.2) is 9.97 Å². The fourth-order valence-electron chi connectivity index (χ4n) is 5.00. The lowest BCUT2D eigenvalue weighted by Gasteiger charge is -2.16. The van der Waals surface area contributed by atoms with Gasteiger partial charge >= 0.3 is 0 Å². The molecule has 1 aliphatic rings. The van der Waals surface area contributed by atoms with Crippen LogP contribution < -0.4 is 15.4 Å². The molecule has 204 valence electrons. The molecule has 1 amide bonds. The van der Waals surface area contributed by atoms with Gasteiger partial charge in [0, 0.05) is 61.4 Å². The first-order valence-corrected chi connectivity index (χ1v) is 13.2. The molecular weight excluding hydrogens is 506 g/mol. The summed E-state index contributed by atoms with van der Waals surface area (Å²) in [6, 6.07) is 11.6. The van der Waals surface area contributed by atoms with Gasteiger partial charge in [-0.1, -0.05) is 12.1 Å². The molecule has 0 radical (unpaired) electrons. The number of aromatic nitrogens is 6. The third kappa shape index (κ3) is 5.36. The number of aryl methyl sites for hydroxylation is 3. The van der Waals surface area contributed by atoms with E-state index in [0.29, 0.717) is 24.9 Å². The van der Waals surface area contributed by atoms with E-state index < -0.39 is 0 Å². The molecular formula is C29H31N9O2. The summed E-state index contributed by atoms with van der Waals surface area (Å²) in [6.07, 6.45) is 8.06. The van der Waals surface area contributed by atoms with Gasteiger partial charge in [-0.3, -0.25) is 19.4 Å². The SMILES string of the molecule is Cc1cnc(Nc2cc(C)n(C)n2)nc1-c1c[nH]c2c(NC(=O)CN3CC[C@H](Oc4cccnc4)C3)cccc12. The highest BCUT2D eigenvalue weighted by molar-refractivity contribution is 6.06. The second-order valence-electron chi connectivity index (χ2n) is 10.1. The van der Waals surface area contributed by atoms with E-state index in [-0.39, 0.29) is 12.0 Å². The van der Waals surface area contributed by atoms with Crippen LogP contribution in [0.3, 0.4) is 0 Å². The standard InChI is InChI=1S/C29H31N9O2/c1-18-13-32-29(34-25-12-19(2)37(3)36-25)35-27(18)23-15-31-28-22(23)7-4-8-24(28)33-26(39)17-38-11-9-21(16-38)40-20-6-5-10-30-14-20/h4-8,10,12-15,21,31H,9,11,16-17H2,1-3H3,(H,33,39)(H,32,34,35,36)/t21-/m0/s1. The smallest absolute Gasteiger partial charge is 0.238 e. The number of para-hydroxylation sites is 1. The maximum Gasteiger partial charge on any atom is 0.238 e. The quantitative estimate of drug-likeness (QED) is 0.269. The van der Waals surface area contributed by atoms with Crippen LogP contribution in [-0.2, 0) is 11.8 Å². The zero-order chi connectivity index (χ0) is 27.6. The summed E-state index contributed by atoms with van der Waals surface area (Å²) in [6.45, 7) is 5.76. The number of benzene rings is 1. The van der Waals surface area contributed by atoms with Gasteiger partial charge < -0.3 is 20.4 Å². The number of hydrogen-bond donors (Lipinski definition) is 3. The number of likely N-dealkylation sites (tertiary alicyclic amines) is 1. The lowest BCUT2D eigenvalue weighted by atomic mass is 10.1. The van der Waals surface area contributed by atoms with Crippen LogP contribution in [0.5, 0.6) is 5.75 Å². The fraction of sp³-hybridized carbons (Fsp3) is 0.276. The number of carbonyl (C=O) groups is 1. The highest BCUT2D eigenvalue weighted by atomic mass is 16.5. The van der Waals surface area contributed by atoms with Crippen molar-refractivity contribution in [3.63, 3.8) is 0 Å². The molecule has 0 aliphatic carbocycles. The third-order valence-corrected chi connectivity index (χ3v) is 7.10. The number of anilines is 3. The van der Waals surface area contributed by atoms with Crippen molar-refractivity contribution in [2.24, 2.45) is 7.05 Å². The zero-order valence-corrected chi connectivity index (χ0v) is 22.7. The molecule has 5 aromatic rings. The largest absolute Gasteiger partial charge is 0.487 e. The number of amides is 1. The fourth-order valence-corrected chi connectivity index (χ4v) is 5.00. The van der Waals surface area contributed by atoms with E-state index in [0.717, 1.165) is 57.8 Å². The summed E-state index contributed by atoms with van der Waals surface area (Å²) in [5.41, 5.74) is 5.28. The second-order valence-corrected chi connectivity index (χ2v) is 10.1. The molecule has 0 saturated carbocycles. The number of carbonyl (C=O) groups excluding carboxylic acids is 1. The Morgan fingerprint density at radius 3 is 2.90 bits per heavy atom. The van der Waals surface area contributed by atoms with Gasteiger partial charge in [0.2, 0.25) is 11.9 Å². The molecule has 0 bridgehead atoms. The first-order chi connectivity index (χ1) is 19.4. The van der Waals surface area contributed by atoms with Crippen molar-refractivity contribution >= 4 is 34.3 Å². The molecule has 1 aliphatic heterocycles. The Kier molecular flexibility index (Phi) is 6.87. The Balaban J connectivity index is 1.15. The average molecular weight is 538 g/mol. The lowest BCUT2D eigenvalue weighted by molar-refractivity contribution is -0.117. The van der Waals surface area contributed by atoms with E-state index in [2.05, 4.69) is 35.6 Å². The summed E-state index contributed by atoms with van der Waals surface area (Å²) in [7, 11) is 1.89. The van der Waals surface area contributed by atoms with Gasteiger partial charge in [-0.2, -0.15) is 5.10 Å². The van der Waals surface area contributed by atoms with Gasteiger partial charge in [0.15, 0.2) is 5.82 Å². The highest BCUT2D eigenvalue weighted by Crippen LogP contribution is 2.33. The molecule has 0 spiro atoms. The van der Waals surface area contributed by atoms with E-state index in [1.165, 1.54) is 0 Å². The van der Waals surface area contributed by atoms with Crippen molar-refractivity contribution in [2.45, 2.75) is 26.4 Å². The molecule has 3 N–H and O–H groups in total. The van der Waals surface area contributed by atoms with Crippen LogP contribution in [0, 0.1) is 13.8 Å². The molecule has 1 atom stereocenters. The van der Waals surface area contributed by atoms with Crippen LogP contribution in [0.1, 0.15) is 17.7 Å². The minimum Gasteiger partial charge on any atom is -0.487 e. The highest BCUT2D eigenvalue weighted by Gasteiger charge is 2.26. The molecule has 4 aromatic heterocycles. The topological polar surface area (TPSA) is 126 Å². The number of pyridine rings is 1. The summed E-state index contributed by atoms with van der Waals surface area (Å²) in [5.74, 6) is 1.84. The Labute approximate surface area is 231 Å². The Hall–Kier alpha value is -4.77. The predicted molar refractivity (Wildman–Crippen MR) is 154 cm³/mol. The lowest BCUT2D eigenvalue weighted by Crippen LogP contribution is -2.33. The van der Waals surface area contributed by atoms with E-state index in [1.54, 1.807) is 23.3 Å². The molecule has 40 heavy (non-hydrogen) atoms. The molecule has 1 fully saturated rings. The van der Waals surface area contributed by atoms with Crippen LogP contribution in [0.4, 0.5) is 17.5 Å². The summed E-state index contributed by atoms with van der Waals surface area (Å²) in [4.78, 5) is 31.8. The number of rotatable bonds is 8. The number of hydrogen-bond acceptors (Lipinski definition) is 8. The maximum absolute atomic E-state index is 13.0. The number of nitrogens with zero attached hydrogens (tertiary/aromatic N) is 6. The first-order valence-electron chi connectivity index (χ1n) is 13.2. The van der Waals surface area contributed by atoms with Crippen molar-refractivity contribution in [2.75, 3.05) is 30.3 Å². The zero-order valence-electron chi connectivity index (χ0n) is 22.7. The molecule has 1 aromatic carbocycles. The van der Waals surface area contributed by atoms with Crippen molar-refractivity contribution < 1.29 is 9.53 Å². The van der Waals surface area contributed by atoms with Crippen molar-refractivity contribution in [3.05, 3.63) is 72.4 Å². The van der Waals surface area contributed by atoms with Crippen LogP contribution in [0.15, 0.2) is 61.2 Å². The Morgan fingerprint density at radius 1 is 1.20 bits per heavy atom. The Bertz CT molecular complexity index is 1640. The summed E-state index contributed by atoms with van der Waals surface area (Å²) < 4.78 is 7.80. The first kappa shape index (κ1) is 25.5. The normalized spacial score (nSPS) is 15.4. The third-order valence-electron chi connectivity index (χ3n) is 7.10. The molecule has 5 heterocycles. The van der Waals surface area contributed by atoms with Gasteiger partial charge in [0.1, 0.15) is 11.9 Å². The van der Waals surface area contributed by atoms with Gasteiger partial charge in [-0.05, 0) is 44.0 Å². The van der Waals surface area contributed by atoms with Crippen LogP contribution in [0.25, 0.3) is 22.2 Å². The minimum atomic E-state index is -0.0685. The predicted octanol–water partition coefficient (Wildman–Crippen LogP) is 4.21. The molecule has 6 rings (SSSR count). The van der Waals surface area contributed by atoms with E-state index >= 15 is 0 Å². The van der Waals surface area contributed by atoms with Crippen molar-refractivity contribution in [3.8, 4) is 17.0 Å². The molecule has 11 nitrogen and oxygen atoms in total. The minimum absolute atomic E-state index is 0.0450. The average Bonchev–Trinajstić information content (AvgIpc) is 3.65. The van der Waals surface area contributed by atoms with E-state index in [4.69, 9.17) is 9.72 Å². The van der Waals surface area contributed by atoms with Gasteiger partial charge in [-0.15, -0.1) is 0 Å². The van der Waals surface area contributed by atoms with E-state index in [9.17, 15) is 4.79 Å². The molecule has 0 unspecified atom stereocenters. The molecule has 1 saturated heterocycles. The van der Waals surface area contributed by atoms with Crippen LogP contribution >= 0.6 is 0 Å².